The Morgan fingerprint density at radius 2 is 1.28 bits per heavy atom. The van der Waals surface area contributed by atoms with E-state index in [1.807, 2.05) is 12.1 Å². The van der Waals surface area contributed by atoms with E-state index >= 15 is 0 Å². The van der Waals surface area contributed by atoms with Crippen molar-refractivity contribution in [2.24, 2.45) is 0 Å². The molecular weight excluding hydrogens is 218 g/mol. The number of rotatable bonds is 4. The summed E-state index contributed by atoms with van der Waals surface area (Å²) in [6.45, 7) is 4.19. The van der Waals surface area contributed by atoms with E-state index in [0.717, 1.165) is 0 Å². The number of hydrogen-bond donors (Lipinski definition) is 1. The van der Waals surface area contributed by atoms with Gasteiger partial charge in [0.15, 0.2) is 0 Å². The van der Waals surface area contributed by atoms with Crippen molar-refractivity contribution in [3.63, 3.8) is 0 Å². The number of benzene rings is 2. The molecule has 2 rings (SSSR count). The van der Waals surface area contributed by atoms with Gasteiger partial charge in [-0.3, -0.25) is 0 Å². The highest BCUT2D eigenvalue weighted by Crippen LogP contribution is 2.21. The minimum atomic E-state index is 0.210. The maximum absolute atomic E-state index is 3.49. The first kappa shape index (κ1) is 12.4. The third kappa shape index (κ3) is 3.24. The molecule has 1 N–H and O–H groups in total. The molecule has 0 aliphatic carbocycles. The van der Waals surface area contributed by atoms with Gasteiger partial charge in [-0.15, -0.1) is 0 Å². The minimum Gasteiger partial charge on any atom is -0.380 e. The van der Waals surface area contributed by atoms with Crippen LogP contribution in [0.3, 0.4) is 0 Å². The fraction of sp³-hybridized carbons (Fsp3) is 0.176. The van der Waals surface area contributed by atoms with E-state index in [9.17, 15) is 0 Å². The third-order valence-electron chi connectivity index (χ3n) is 2.80. The van der Waals surface area contributed by atoms with E-state index in [4.69, 9.17) is 0 Å². The van der Waals surface area contributed by atoms with Gasteiger partial charge in [-0.05, 0) is 31.2 Å². The molecule has 1 nitrogen and oxygen atoms in total. The van der Waals surface area contributed by atoms with Gasteiger partial charge in [-0.1, -0.05) is 66.2 Å². The van der Waals surface area contributed by atoms with Gasteiger partial charge < -0.3 is 5.32 Å². The van der Waals surface area contributed by atoms with E-state index in [1.165, 1.54) is 16.7 Å². The summed E-state index contributed by atoms with van der Waals surface area (Å²) in [6, 6.07) is 21.2. The largest absolute Gasteiger partial charge is 0.380 e. The zero-order valence-corrected chi connectivity index (χ0v) is 10.9. The van der Waals surface area contributed by atoms with Gasteiger partial charge in [0.1, 0.15) is 0 Å². The monoisotopic (exact) mass is 237 g/mol. The van der Waals surface area contributed by atoms with Gasteiger partial charge in [0.25, 0.3) is 0 Å². The van der Waals surface area contributed by atoms with E-state index in [0.29, 0.717) is 0 Å². The van der Waals surface area contributed by atoms with Gasteiger partial charge in [0.2, 0.25) is 0 Å². The summed E-state index contributed by atoms with van der Waals surface area (Å²) in [4.78, 5) is 0. The van der Waals surface area contributed by atoms with Crippen LogP contribution in [0.25, 0.3) is 0 Å². The summed E-state index contributed by atoms with van der Waals surface area (Å²) < 4.78 is 0. The van der Waals surface area contributed by atoms with Gasteiger partial charge in [-0.25, -0.2) is 0 Å². The molecule has 0 unspecified atom stereocenters. The fourth-order valence-electron chi connectivity index (χ4n) is 1.93. The molecular formula is C17H19N. The van der Waals surface area contributed by atoms with Gasteiger partial charge in [-0.2, -0.15) is 0 Å². The Labute approximate surface area is 109 Å². The topological polar surface area (TPSA) is 12.0 Å². The third-order valence-corrected chi connectivity index (χ3v) is 2.80. The Balaban J connectivity index is 2.32. The van der Waals surface area contributed by atoms with Gasteiger partial charge in [0, 0.05) is 0 Å². The summed E-state index contributed by atoms with van der Waals surface area (Å²) in [5.74, 6) is 0. The summed E-state index contributed by atoms with van der Waals surface area (Å²) >= 11 is 0. The van der Waals surface area contributed by atoms with Crippen LogP contribution in [0.2, 0.25) is 0 Å². The fourth-order valence-corrected chi connectivity index (χ4v) is 1.93. The number of allylic oxidation sites excluding steroid dienone is 1. The lowest BCUT2D eigenvalue weighted by atomic mass is 9.99. The lowest BCUT2D eigenvalue weighted by Crippen LogP contribution is -2.17. The van der Waals surface area contributed by atoms with E-state index < -0.39 is 0 Å². The van der Waals surface area contributed by atoms with Crippen LogP contribution in [0.1, 0.15) is 31.0 Å². The Bertz CT molecular complexity index is 456. The second-order valence-corrected chi connectivity index (χ2v) is 4.64. The molecule has 2 aromatic carbocycles. The van der Waals surface area contributed by atoms with E-state index in [-0.39, 0.29) is 6.04 Å². The second kappa shape index (κ2) is 6.06. The van der Waals surface area contributed by atoms with Crippen LogP contribution in [0.5, 0.6) is 0 Å². The van der Waals surface area contributed by atoms with Crippen LogP contribution in [0.4, 0.5) is 0 Å². The molecule has 0 radical (unpaired) electrons. The molecule has 2 aromatic rings. The standard InChI is InChI=1S/C17H19N/c1-14(2)13-18-17(15-9-5-3-6-10-15)16-11-7-4-8-12-16/h3-13,17-18H,1-2H3. The SMILES string of the molecule is CC(C)=CNC(c1ccccc1)c1ccccc1. The van der Waals surface area contributed by atoms with E-state index in [1.54, 1.807) is 0 Å². The van der Waals surface area contributed by atoms with Crippen LogP contribution in [-0.2, 0) is 0 Å². The smallest absolute Gasteiger partial charge is 0.0762 e. The Morgan fingerprint density at radius 3 is 1.67 bits per heavy atom. The molecule has 0 amide bonds. The van der Waals surface area contributed by atoms with E-state index in [2.05, 4.69) is 73.9 Å². The second-order valence-electron chi connectivity index (χ2n) is 4.64. The molecule has 0 fully saturated rings. The summed E-state index contributed by atoms with van der Waals surface area (Å²) in [5, 5.41) is 3.49. The number of hydrogen-bond acceptors (Lipinski definition) is 1. The predicted molar refractivity (Wildman–Crippen MR) is 77.3 cm³/mol. The average Bonchev–Trinajstić information content (AvgIpc) is 2.41. The van der Waals surface area contributed by atoms with Crippen molar-refractivity contribution in [3.8, 4) is 0 Å². The van der Waals surface area contributed by atoms with Crippen LogP contribution in [0, 0.1) is 0 Å². The molecule has 92 valence electrons. The van der Waals surface area contributed by atoms with Crippen molar-refractivity contribution in [2.45, 2.75) is 19.9 Å². The van der Waals surface area contributed by atoms with Crippen LogP contribution in [0.15, 0.2) is 72.4 Å². The zero-order valence-electron chi connectivity index (χ0n) is 10.9. The first-order chi connectivity index (χ1) is 8.77. The molecule has 0 saturated carbocycles. The summed E-state index contributed by atoms with van der Waals surface area (Å²) in [7, 11) is 0. The molecule has 0 heterocycles. The zero-order chi connectivity index (χ0) is 12.8. The van der Waals surface area contributed by atoms with Crippen molar-refractivity contribution in [3.05, 3.63) is 83.6 Å². The quantitative estimate of drug-likeness (QED) is 0.836. The normalized spacial score (nSPS) is 10.2. The van der Waals surface area contributed by atoms with Crippen molar-refractivity contribution in [2.75, 3.05) is 0 Å². The van der Waals surface area contributed by atoms with Crippen molar-refractivity contribution in [1.82, 2.24) is 5.32 Å². The van der Waals surface area contributed by atoms with Crippen molar-refractivity contribution >= 4 is 0 Å². The molecule has 1 heteroatoms. The minimum absolute atomic E-state index is 0.210. The average molecular weight is 237 g/mol. The lowest BCUT2D eigenvalue weighted by molar-refractivity contribution is 0.724. The molecule has 0 saturated heterocycles. The molecule has 0 aliphatic rings. The first-order valence-electron chi connectivity index (χ1n) is 6.26. The molecule has 0 aliphatic heterocycles. The van der Waals surface area contributed by atoms with Crippen molar-refractivity contribution < 1.29 is 0 Å². The Morgan fingerprint density at radius 1 is 0.833 bits per heavy atom. The highest BCUT2D eigenvalue weighted by molar-refractivity contribution is 5.32. The lowest BCUT2D eigenvalue weighted by Gasteiger charge is -2.19. The van der Waals surface area contributed by atoms with Gasteiger partial charge >= 0.3 is 0 Å². The first-order valence-corrected chi connectivity index (χ1v) is 6.26. The summed E-state index contributed by atoms with van der Waals surface area (Å²) in [6.07, 6.45) is 2.07. The molecule has 18 heavy (non-hydrogen) atoms. The maximum atomic E-state index is 3.49. The highest BCUT2D eigenvalue weighted by atomic mass is 14.9. The Hall–Kier alpha value is -2.02. The van der Waals surface area contributed by atoms with Gasteiger partial charge in [0.05, 0.1) is 6.04 Å². The van der Waals surface area contributed by atoms with Crippen LogP contribution >= 0.6 is 0 Å². The van der Waals surface area contributed by atoms with Crippen LogP contribution < -0.4 is 5.32 Å². The predicted octanol–water partition coefficient (Wildman–Crippen LogP) is 4.29. The molecule has 0 atom stereocenters. The van der Waals surface area contributed by atoms with Crippen LogP contribution in [-0.4, -0.2) is 0 Å². The molecule has 0 spiro atoms. The highest BCUT2D eigenvalue weighted by Gasteiger charge is 2.10. The number of nitrogens with one attached hydrogen (secondary N) is 1. The van der Waals surface area contributed by atoms with Crippen molar-refractivity contribution in [1.29, 1.82) is 0 Å². The Kier molecular flexibility index (Phi) is 4.19. The molecule has 0 aromatic heterocycles. The summed E-state index contributed by atoms with van der Waals surface area (Å²) in [5.41, 5.74) is 3.83. The maximum Gasteiger partial charge on any atom is 0.0762 e. The molecule has 0 bridgehead atoms.